The molecule has 1 aromatic carbocycles. The van der Waals surface area contributed by atoms with E-state index in [0.717, 1.165) is 0 Å². The molecule has 15 nitrogen and oxygen atoms in total. The quantitative estimate of drug-likeness (QED) is 0.278. The predicted molar refractivity (Wildman–Crippen MR) is 162 cm³/mol. The van der Waals surface area contributed by atoms with Crippen molar-refractivity contribution in [3.05, 3.63) is 109 Å². The minimum Gasteiger partial charge on any atom is -0.350 e. The molecule has 2 aromatic heterocycles. The SMILES string of the molecule is O=C1CCc2ccc(cc2[N+](=O)[O-])CNC(=O)c2cccc(n2)C(=O)NC[C@@H]2CC[C@H](CNC(=O)c3cccc1n3)[C@H]([N+](=O)[O-])C2. The highest BCUT2D eigenvalue weighted by Crippen LogP contribution is 2.30. The molecule has 3 N–H and O–H groups in total. The minimum absolute atomic E-state index is 0.0106. The minimum atomic E-state index is -0.946. The third kappa shape index (κ3) is 7.54. The maximum Gasteiger partial charge on any atom is 0.272 e. The molecule has 3 aromatic rings. The Hall–Kier alpha value is -5.60. The van der Waals surface area contributed by atoms with Gasteiger partial charge in [0.1, 0.15) is 22.8 Å². The van der Waals surface area contributed by atoms with E-state index in [0.29, 0.717) is 24.0 Å². The van der Waals surface area contributed by atoms with Crippen molar-refractivity contribution >= 4 is 29.2 Å². The molecule has 8 bridgehead atoms. The number of aromatic nitrogens is 2. The van der Waals surface area contributed by atoms with E-state index in [9.17, 15) is 39.4 Å². The Bertz CT molecular complexity index is 1710. The van der Waals surface area contributed by atoms with Gasteiger partial charge in [-0.15, -0.1) is 0 Å². The summed E-state index contributed by atoms with van der Waals surface area (Å²) in [5, 5.41) is 31.9. The summed E-state index contributed by atoms with van der Waals surface area (Å²) in [5.74, 6) is -2.77. The number of nitrogens with zero attached hydrogens (tertiary/aromatic N) is 4. The maximum absolute atomic E-state index is 13.0. The molecule has 1 saturated carbocycles. The number of pyridine rings is 2. The van der Waals surface area contributed by atoms with Gasteiger partial charge in [-0.1, -0.05) is 24.3 Å². The summed E-state index contributed by atoms with van der Waals surface area (Å²) >= 11 is 0. The zero-order valence-corrected chi connectivity index (χ0v) is 24.6. The Balaban J connectivity index is 1.41. The van der Waals surface area contributed by atoms with E-state index in [-0.39, 0.29) is 78.2 Å². The number of rotatable bonds is 2. The van der Waals surface area contributed by atoms with Crippen LogP contribution in [0.1, 0.15) is 78.8 Å². The van der Waals surface area contributed by atoms with Gasteiger partial charge in [0.25, 0.3) is 23.4 Å². The van der Waals surface area contributed by atoms with Gasteiger partial charge < -0.3 is 16.0 Å². The van der Waals surface area contributed by atoms with E-state index < -0.39 is 40.4 Å². The van der Waals surface area contributed by atoms with E-state index in [1.54, 1.807) is 6.07 Å². The van der Waals surface area contributed by atoms with Crippen molar-refractivity contribution in [2.75, 3.05) is 13.1 Å². The largest absolute Gasteiger partial charge is 0.350 e. The fraction of sp³-hybridized carbons (Fsp3) is 0.355. The number of hydrogen-bond donors (Lipinski definition) is 3. The van der Waals surface area contributed by atoms with Crippen LogP contribution in [0.25, 0.3) is 0 Å². The predicted octanol–water partition coefficient (Wildman–Crippen LogP) is 2.67. The van der Waals surface area contributed by atoms with Crippen molar-refractivity contribution in [3.8, 4) is 0 Å². The average Bonchev–Trinajstić information content (AvgIpc) is 3.07. The highest BCUT2D eigenvalue weighted by Gasteiger charge is 2.38. The lowest BCUT2D eigenvalue weighted by atomic mass is 9.78. The monoisotopic (exact) mass is 629 g/mol. The number of amides is 3. The average molecular weight is 630 g/mol. The number of nitro groups is 2. The summed E-state index contributed by atoms with van der Waals surface area (Å²) in [5.41, 5.74) is 0.459. The number of carbonyl (C=O) groups excluding carboxylic acids is 4. The maximum atomic E-state index is 13.0. The number of ketones is 1. The first-order chi connectivity index (χ1) is 22.1. The second-order valence-corrected chi connectivity index (χ2v) is 11.4. The molecule has 238 valence electrons. The summed E-state index contributed by atoms with van der Waals surface area (Å²) in [6, 6.07) is 12.2. The lowest BCUT2D eigenvalue weighted by Crippen LogP contribution is -2.44. The second kappa shape index (κ2) is 14.0. The Kier molecular flexibility index (Phi) is 9.69. The summed E-state index contributed by atoms with van der Waals surface area (Å²) in [6.07, 6.45) is 1.15. The summed E-state index contributed by atoms with van der Waals surface area (Å²) in [4.78, 5) is 82.7. The molecule has 4 aliphatic heterocycles. The number of nitro benzene ring substituents is 1. The number of benzene rings is 1. The Morgan fingerprint density at radius 3 is 1.98 bits per heavy atom. The van der Waals surface area contributed by atoms with E-state index in [1.165, 1.54) is 48.5 Å². The zero-order chi connectivity index (χ0) is 32.8. The van der Waals surface area contributed by atoms with Crippen LogP contribution in [0.4, 0.5) is 5.69 Å². The lowest BCUT2D eigenvalue weighted by molar-refractivity contribution is -0.536. The van der Waals surface area contributed by atoms with Crippen LogP contribution in [-0.2, 0) is 13.0 Å². The molecule has 8 rings (SSSR count). The Labute approximate surface area is 262 Å². The molecule has 0 unspecified atom stereocenters. The highest BCUT2D eigenvalue weighted by atomic mass is 16.6. The van der Waals surface area contributed by atoms with Gasteiger partial charge >= 0.3 is 0 Å². The molecule has 1 fully saturated rings. The molecule has 0 spiro atoms. The van der Waals surface area contributed by atoms with Gasteiger partial charge in [0.15, 0.2) is 5.78 Å². The topological polar surface area (TPSA) is 216 Å². The summed E-state index contributed by atoms with van der Waals surface area (Å²) in [7, 11) is 0. The van der Waals surface area contributed by atoms with Gasteiger partial charge in [-0.3, -0.25) is 39.4 Å². The smallest absolute Gasteiger partial charge is 0.272 e. The molecule has 0 saturated heterocycles. The van der Waals surface area contributed by atoms with Crippen molar-refractivity contribution in [2.24, 2.45) is 11.8 Å². The molecular formula is C31H31N7O8. The van der Waals surface area contributed by atoms with E-state index in [4.69, 9.17) is 0 Å². The van der Waals surface area contributed by atoms with E-state index in [2.05, 4.69) is 25.9 Å². The van der Waals surface area contributed by atoms with Crippen LogP contribution in [0, 0.1) is 32.1 Å². The molecular weight excluding hydrogens is 598 g/mol. The highest BCUT2D eigenvalue weighted by molar-refractivity contribution is 5.97. The molecule has 1 aliphatic carbocycles. The first-order valence-corrected chi connectivity index (χ1v) is 14.8. The zero-order valence-electron chi connectivity index (χ0n) is 24.6. The Morgan fingerprint density at radius 2 is 1.33 bits per heavy atom. The number of nitrogens with one attached hydrogen (secondary N) is 3. The molecule has 6 heterocycles. The third-order valence-corrected chi connectivity index (χ3v) is 8.31. The van der Waals surface area contributed by atoms with Gasteiger partial charge in [0.05, 0.1) is 4.92 Å². The standard InChI is InChI=1S/C31H31N7O8/c39-28-12-11-20-9-7-18(13-26(20)37(43)44)15-32-29(40)24-5-2-6-25(36-24)30(41)33-16-19-8-10-21(27(14-19)38(45)46)17-34-31(42)23-4-1-3-22(28)35-23/h1-7,9,13,19,21,27H,8,10-12,14-17H2,(H,32,40)(H,33,41)(H,34,42)/t19-,21-,27-/m1/s1. The lowest BCUT2D eigenvalue weighted by Gasteiger charge is -2.31. The van der Waals surface area contributed by atoms with Crippen molar-refractivity contribution in [1.29, 1.82) is 0 Å². The molecule has 15 heteroatoms. The first kappa shape index (κ1) is 31.8. The van der Waals surface area contributed by atoms with Crippen LogP contribution in [0.3, 0.4) is 0 Å². The van der Waals surface area contributed by atoms with Crippen LogP contribution in [0.15, 0.2) is 54.6 Å². The van der Waals surface area contributed by atoms with Gasteiger partial charge in [0.2, 0.25) is 6.04 Å². The van der Waals surface area contributed by atoms with Crippen LogP contribution in [0.5, 0.6) is 0 Å². The molecule has 3 amide bonds. The van der Waals surface area contributed by atoms with Gasteiger partial charge in [-0.05, 0) is 55.0 Å². The second-order valence-electron chi connectivity index (χ2n) is 11.4. The van der Waals surface area contributed by atoms with Crippen molar-refractivity contribution in [2.45, 2.75) is 44.7 Å². The van der Waals surface area contributed by atoms with Gasteiger partial charge in [-0.25, -0.2) is 9.97 Å². The number of carbonyl (C=O) groups is 4. The first-order valence-electron chi connectivity index (χ1n) is 14.8. The molecule has 3 atom stereocenters. The number of aryl methyl sites for hydroxylation is 1. The summed E-state index contributed by atoms with van der Waals surface area (Å²) in [6.45, 7) is 0.137. The van der Waals surface area contributed by atoms with Crippen LogP contribution >= 0.6 is 0 Å². The van der Waals surface area contributed by atoms with Crippen molar-refractivity contribution in [3.63, 3.8) is 0 Å². The third-order valence-electron chi connectivity index (χ3n) is 8.31. The number of Topliss-reactive ketones (excluding diaryl/α,β-unsaturated/α-hetero) is 1. The van der Waals surface area contributed by atoms with Gasteiger partial charge in [0, 0.05) is 54.9 Å². The van der Waals surface area contributed by atoms with Gasteiger partial charge in [-0.2, -0.15) is 0 Å². The van der Waals surface area contributed by atoms with Crippen LogP contribution in [-0.4, -0.2) is 62.5 Å². The van der Waals surface area contributed by atoms with Crippen molar-refractivity contribution in [1.82, 2.24) is 25.9 Å². The number of hydrogen-bond acceptors (Lipinski definition) is 10. The fourth-order valence-corrected chi connectivity index (χ4v) is 5.77. The Morgan fingerprint density at radius 1 is 0.717 bits per heavy atom. The van der Waals surface area contributed by atoms with E-state index >= 15 is 0 Å². The molecule has 5 aliphatic rings. The van der Waals surface area contributed by atoms with E-state index in [1.807, 2.05) is 0 Å². The van der Waals surface area contributed by atoms with Crippen LogP contribution in [0.2, 0.25) is 0 Å². The summed E-state index contributed by atoms with van der Waals surface area (Å²) < 4.78 is 0. The molecule has 46 heavy (non-hydrogen) atoms. The molecule has 0 radical (unpaired) electrons. The normalized spacial score (nSPS) is 21.2. The van der Waals surface area contributed by atoms with Crippen molar-refractivity contribution < 1.29 is 29.0 Å². The fourth-order valence-electron chi connectivity index (χ4n) is 5.77. The van der Waals surface area contributed by atoms with Crippen LogP contribution < -0.4 is 16.0 Å².